The maximum absolute atomic E-state index is 12.8. The van der Waals surface area contributed by atoms with Crippen LogP contribution in [0.4, 0.5) is 11.4 Å². The zero-order chi connectivity index (χ0) is 26.1. The van der Waals surface area contributed by atoms with Gasteiger partial charge in [-0.3, -0.25) is 19.3 Å². The predicted molar refractivity (Wildman–Crippen MR) is 142 cm³/mol. The summed E-state index contributed by atoms with van der Waals surface area (Å²) in [6.45, 7) is 6.29. The lowest BCUT2D eigenvalue weighted by atomic mass is 9.89. The van der Waals surface area contributed by atoms with E-state index in [-0.39, 0.29) is 42.1 Å². The molecule has 13 heteroatoms. The zero-order valence-corrected chi connectivity index (χ0v) is 22.3. The Kier molecular flexibility index (Phi) is 7.15. The van der Waals surface area contributed by atoms with E-state index in [1.807, 2.05) is 4.40 Å². The van der Waals surface area contributed by atoms with Gasteiger partial charge < -0.3 is 14.8 Å². The first-order valence-corrected chi connectivity index (χ1v) is 13.8. The minimum Gasteiger partial charge on any atom is -0.491 e. The van der Waals surface area contributed by atoms with Crippen LogP contribution in [0.1, 0.15) is 37.6 Å². The number of carbonyl (C=O) groups is 1. The summed E-state index contributed by atoms with van der Waals surface area (Å²) >= 11 is 2.97. The number of aromatic nitrogens is 4. The van der Waals surface area contributed by atoms with Crippen molar-refractivity contribution in [2.24, 2.45) is 5.92 Å². The summed E-state index contributed by atoms with van der Waals surface area (Å²) in [6, 6.07) is 2.69. The molecule has 194 valence electrons. The Labute approximate surface area is 220 Å². The van der Waals surface area contributed by atoms with Crippen LogP contribution in [0.2, 0.25) is 0 Å². The molecule has 0 saturated heterocycles. The van der Waals surface area contributed by atoms with Crippen molar-refractivity contribution in [3.8, 4) is 11.5 Å². The number of anilines is 1. The van der Waals surface area contributed by atoms with Gasteiger partial charge in [-0.25, -0.2) is 4.98 Å². The van der Waals surface area contributed by atoms with E-state index in [1.54, 1.807) is 31.5 Å². The van der Waals surface area contributed by atoms with E-state index < -0.39 is 4.92 Å². The second-order valence-corrected chi connectivity index (χ2v) is 10.8. The Hall–Kier alpha value is -3.45. The molecule has 1 aliphatic rings. The topological polar surface area (TPSA) is 134 Å². The lowest BCUT2D eigenvalue weighted by Gasteiger charge is -2.17. The molecule has 1 aromatic carbocycles. The van der Waals surface area contributed by atoms with Gasteiger partial charge in [-0.05, 0) is 44.6 Å². The van der Waals surface area contributed by atoms with Crippen LogP contribution in [0.3, 0.4) is 0 Å². The van der Waals surface area contributed by atoms with Crippen LogP contribution in [0, 0.1) is 16.0 Å². The average Bonchev–Trinajstić information content (AvgIpc) is 3.44. The molecule has 0 unspecified atom stereocenters. The molecule has 5 rings (SSSR count). The van der Waals surface area contributed by atoms with Gasteiger partial charge in [0, 0.05) is 10.9 Å². The number of amides is 1. The minimum atomic E-state index is -0.540. The third kappa shape index (κ3) is 4.92. The molecule has 1 amide bonds. The molecule has 1 N–H and O–H groups in total. The number of nitro benzene ring substituents is 1. The Balaban J connectivity index is 1.36. The first kappa shape index (κ1) is 25.2. The number of thioether (sulfide) groups is 1. The number of hydrogen-bond donors (Lipinski definition) is 1. The first-order valence-electron chi connectivity index (χ1n) is 12.0. The van der Waals surface area contributed by atoms with Gasteiger partial charge in [0.05, 0.1) is 41.0 Å². The standard InChI is InChI=1S/C24H26N6O5S2/c1-4-34-17-10-16(30(32)33)18(35-5-2)9-15(17)26-20(31)11-36-24-28-27-22-21-14-7-6-13(3)8-19(14)37-23(21)25-12-29(22)24/h9-10,12-13H,4-8,11H2,1-3H3,(H,26,31)/t13-/m1/s1. The molecule has 4 aromatic rings. The van der Waals surface area contributed by atoms with Crippen LogP contribution in [0.25, 0.3) is 15.9 Å². The molecule has 0 radical (unpaired) electrons. The third-order valence-electron chi connectivity index (χ3n) is 6.14. The van der Waals surface area contributed by atoms with Crippen molar-refractivity contribution in [3.05, 3.63) is 39.0 Å². The Morgan fingerprint density at radius 2 is 2.05 bits per heavy atom. The lowest BCUT2D eigenvalue weighted by Crippen LogP contribution is -2.15. The summed E-state index contributed by atoms with van der Waals surface area (Å²) in [5.41, 5.74) is 2.16. The van der Waals surface area contributed by atoms with E-state index in [2.05, 4.69) is 27.4 Å². The maximum Gasteiger partial charge on any atom is 0.314 e. The summed E-state index contributed by atoms with van der Waals surface area (Å²) in [5.74, 6) is 0.653. The van der Waals surface area contributed by atoms with Crippen LogP contribution in [0.5, 0.6) is 11.5 Å². The predicted octanol–water partition coefficient (Wildman–Crippen LogP) is 4.90. The zero-order valence-electron chi connectivity index (χ0n) is 20.6. The molecule has 0 saturated carbocycles. The maximum atomic E-state index is 12.8. The number of fused-ring (bicyclic) bond motifs is 5. The van der Waals surface area contributed by atoms with Crippen LogP contribution in [0.15, 0.2) is 23.6 Å². The highest BCUT2D eigenvalue weighted by Crippen LogP contribution is 2.40. The number of ether oxygens (including phenoxy) is 2. The number of rotatable bonds is 9. The van der Waals surface area contributed by atoms with Crippen molar-refractivity contribution in [1.82, 2.24) is 19.6 Å². The van der Waals surface area contributed by atoms with Crippen molar-refractivity contribution in [1.29, 1.82) is 0 Å². The summed E-state index contributed by atoms with van der Waals surface area (Å²) < 4.78 is 12.8. The third-order valence-corrected chi connectivity index (χ3v) is 8.24. The van der Waals surface area contributed by atoms with Crippen LogP contribution in [-0.2, 0) is 17.6 Å². The highest BCUT2D eigenvalue weighted by molar-refractivity contribution is 7.99. The minimum absolute atomic E-state index is 0.0462. The van der Waals surface area contributed by atoms with E-state index in [4.69, 9.17) is 9.47 Å². The van der Waals surface area contributed by atoms with E-state index in [9.17, 15) is 14.9 Å². The molecule has 3 heterocycles. The van der Waals surface area contributed by atoms with Crippen LogP contribution >= 0.6 is 23.1 Å². The summed E-state index contributed by atoms with van der Waals surface area (Å²) in [4.78, 5) is 30.8. The molecule has 1 aliphatic carbocycles. The number of nitro groups is 1. The van der Waals surface area contributed by atoms with Gasteiger partial charge >= 0.3 is 5.69 Å². The van der Waals surface area contributed by atoms with E-state index >= 15 is 0 Å². The van der Waals surface area contributed by atoms with Crippen LogP contribution < -0.4 is 14.8 Å². The molecule has 0 aliphatic heterocycles. The van der Waals surface area contributed by atoms with Crippen molar-refractivity contribution in [3.63, 3.8) is 0 Å². The summed E-state index contributed by atoms with van der Waals surface area (Å²) in [6.07, 6.45) is 4.93. The van der Waals surface area contributed by atoms with Crippen molar-refractivity contribution < 1.29 is 19.2 Å². The van der Waals surface area contributed by atoms with Crippen LogP contribution in [-0.4, -0.2) is 49.4 Å². The molecule has 0 bridgehead atoms. The quantitative estimate of drug-likeness (QED) is 0.178. The number of thiophene rings is 1. The Morgan fingerprint density at radius 1 is 1.27 bits per heavy atom. The number of nitrogens with one attached hydrogen (secondary N) is 1. The number of carbonyl (C=O) groups excluding carboxylic acids is 1. The van der Waals surface area contributed by atoms with Crippen molar-refractivity contribution >= 4 is 56.2 Å². The molecule has 11 nitrogen and oxygen atoms in total. The second-order valence-electron chi connectivity index (χ2n) is 8.73. The molecule has 0 fully saturated rings. The fourth-order valence-corrected chi connectivity index (χ4v) is 6.52. The molecule has 37 heavy (non-hydrogen) atoms. The lowest BCUT2D eigenvalue weighted by molar-refractivity contribution is -0.385. The monoisotopic (exact) mass is 542 g/mol. The van der Waals surface area contributed by atoms with Gasteiger partial charge in [0.1, 0.15) is 16.9 Å². The Bertz CT molecular complexity index is 1500. The fraction of sp³-hybridized carbons (Fsp3) is 0.417. The number of nitrogens with zero attached hydrogens (tertiary/aromatic N) is 5. The highest BCUT2D eigenvalue weighted by atomic mass is 32.2. The highest BCUT2D eigenvalue weighted by Gasteiger charge is 2.25. The van der Waals surface area contributed by atoms with Crippen molar-refractivity contribution in [2.45, 2.75) is 45.2 Å². The summed E-state index contributed by atoms with van der Waals surface area (Å²) in [5, 5.41) is 24.6. The second kappa shape index (κ2) is 10.5. The normalized spacial score (nSPS) is 15.1. The molecule has 3 aromatic heterocycles. The number of hydrogen-bond acceptors (Lipinski definition) is 10. The largest absolute Gasteiger partial charge is 0.491 e. The Morgan fingerprint density at radius 3 is 2.81 bits per heavy atom. The van der Waals surface area contributed by atoms with Crippen molar-refractivity contribution in [2.75, 3.05) is 24.3 Å². The summed E-state index contributed by atoms with van der Waals surface area (Å²) in [7, 11) is 0. The van der Waals surface area contributed by atoms with E-state index in [0.717, 1.165) is 35.1 Å². The molecular formula is C24H26N6O5S2. The first-order chi connectivity index (χ1) is 17.9. The average molecular weight is 543 g/mol. The molecule has 1 atom stereocenters. The van der Waals surface area contributed by atoms with Gasteiger partial charge in [-0.2, -0.15) is 0 Å². The van der Waals surface area contributed by atoms with E-state index in [1.165, 1.54) is 34.3 Å². The van der Waals surface area contributed by atoms with Gasteiger partial charge in [0.15, 0.2) is 16.6 Å². The smallest absolute Gasteiger partial charge is 0.314 e. The number of aryl methyl sites for hydroxylation is 1. The molecule has 0 spiro atoms. The van der Waals surface area contributed by atoms with Gasteiger partial charge in [-0.1, -0.05) is 18.7 Å². The van der Waals surface area contributed by atoms with Gasteiger partial charge in [0.2, 0.25) is 5.91 Å². The molecular weight excluding hydrogens is 516 g/mol. The van der Waals surface area contributed by atoms with Gasteiger partial charge in [0.25, 0.3) is 0 Å². The fourth-order valence-electron chi connectivity index (χ4n) is 4.47. The van der Waals surface area contributed by atoms with Gasteiger partial charge in [-0.15, -0.1) is 21.5 Å². The van der Waals surface area contributed by atoms with E-state index in [0.29, 0.717) is 16.8 Å². The SMILES string of the molecule is CCOc1cc([N+](=O)[O-])c(OCC)cc1NC(=O)CSc1nnc2c3c4c(sc3ncn12)C[C@H](C)CC4. The number of benzene rings is 1.